The van der Waals surface area contributed by atoms with E-state index >= 15 is 0 Å². The van der Waals surface area contributed by atoms with Gasteiger partial charge < -0.3 is 10.2 Å². The SMILES string of the molecule is CC1=CC(C(=O)O)(C(C)(C)C)CC(C(=O)O)=C1CN=[N+]=[N-]. The van der Waals surface area contributed by atoms with Crippen LogP contribution in [0.5, 0.6) is 0 Å². The average Bonchev–Trinajstić information content (AvgIpc) is 2.34. The summed E-state index contributed by atoms with van der Waals surface area (Å²) in [6, 6.07) is 0. The Hall–Kier alpha value is -2.27. The van der Waals surface area contributed by atoms with Crippen LogP contribution in [0.3, 0.4) is 0 Å². The fourth-order valence-electron chi connectivity index (χ4n) is 2.60. The number of rotatable bonds is 4. The molecule has 0 aromatic rings. The van der Waals surface area contributed by atoms with Gasteiger partial charge in [-0.05, 0) is 29.9 Å². The van der Waals surface area contributed by atoms with Gasteiger partial charge in [-0.1, -0.05) is 37.5 Å². The molecule has 7 heteroatoms. The maximum Gasteiger partial charge on any atom is 0.331 e. The molecule has 0 aliphatic heterocycles. The minimum atomic E-state index is -1.30. The lowest BCUT2D eigenvalue weighted by Crippen LogP contribution is -2.44. The van der Waals surface area contributed by atoms with Crippen molar-refractivity contribution >= 4 is 11.9 Å². The van der Waals surface area contributed by atoms with Crippen LogP contribution in [0.15, 0.2) is 27.9 Å². The number of hydrogen-bond acceptors (Lipinski definition) is 3. The molecule has 0 bridgehead atoms. The van der Waals surface area contributed by atoms with E-state index in [1.54, 1.807) is 33.8 Å². The molecule has 1 unspecified atom stereocenters. The highest BCUT2D eigenvalue weighted by Crippen LogP contribution is 2.49. The third-order valence-corrected chi connectivity index (χ3v) is 4.03. The topological polar surface area (TPSA) is 123 Å². The van der Waals surface area contributed by atoms with Crippen LogP contribution in [-0.2, 0) is 9.59 Å². The molecule has 0 radical (unpaired) electrons. The summed E-state index contributed by atoms with van der Waals surface area (Å²) in [5.41, 5.74) is 7.36. The highest BCUT2D eigenvalue weighted by Gasteiger charge is 2.50. The van der Waals surface area contributed by atoms with Gasteiger partial charge in [0.15, 0.2) is 0 Å². The Kier molecular flexibility index (Phi) is 4.49. The van der Waals surface area contributed by atoms with Crippen LogP contribution in [0.4, 0.5) is 0 Å². The molecule has 1 atom stereocenters. The van der Waals surface area contributed by atoms with Gasteiger partial charge in [-0.3, -0.25) is 4.79 Å². The molecule has 0 saturated heterocycles. The molecule has 2 N–H and O–H groups in total. The molecule has 21 heavy (non-hydrogen) atoms. The van der Waals surface area contributed by atoms with E-state index in [4.69, 9.17) is 5.53 Å². The largest absolute Gasteiger partial charge is 0.481 e. The fraction of sp³-hybridized carbons (Fsp3) is 0.571. The van der Waals surface area contributed by atoms with Gasteiger partial charge in [-0.15, -0.1) is 0 Å². The number of azide groups is 1. The third-order valence-electron chi connectivity index (χ3n) is 4.03. The summed E-state index contributed by atoms with van der Waals surface area (Å²) in [7, 11) is 0. The number of carboxylic acid groups (broad SMARTS) is 2. The van der Waals surface area contributed by atoms with Gasteiger partial charge in [0.1, 0.15) is 0 Å². The molecule has 0 heterocycles. The second-order valence-electron chi connectivity index (χ2n) is 6.18. The lowest BCUT2D eigenvalue weighted by molar-refractivity contribution is -0.152. The van der Waals surface area contributed by atoms with Crippen molar-refractivity contribution in [1.29, 1.82) is 0 Å². The highest BCUT2D eigenvalue weighted by molar-refractivity contribution is 5.92. The van der Waals surface area contributed by atoms with Crippen LogP contribution >= 0.6 is 0 Å². The zero-order chi connectivity index (χ0) is 16.4. The summed E-state index contributed by atoms with van der Waals surface area (Å²) in [4.78, 5) is 25.9. The molecule has 0 fully saturated rings. The van der Waals surface area contributed by atoms with Crippen molar-refractivity contribution in [2.45, 2.75) is 34.1 Å². The van der Waals surface area contributed by atoms with Crippen LogP contribution in [0.25, 0.3) is 10.4 Å². The zero-order valence-electron chi connectivity index (χ0n) is 12.5. The molecule has 0 aromatic heterocycles. The second-order valence-corrected chi connectivity index (χ2v) is 6.18. The van der Waals surface area contributed by atoms with Crippen LogP contribution in [0.1, 0.15) is 34.1 Å². The summed E-state index contributed by atoms with van der Waals surface area (Å²) >= 11 is 0. The van der Waals surface area contributed by atoms with E-state index in [0.717, 1.165) is 0 Å². The molecular weight excluding hydrogens is 274 g/mol. The van der Waals surface area contributed by atoms with Gasteiger partial charge in [0.05, 0.1) is 12.0 Å². The van der Waals surface area contributed by atoms with Crippen LogP contribution < -0.4 is 0 Å². The zero-order valence-corrected chi connectivity index (χ0v) is 12.5. The van der Waals surface area contributed by atoms with Gasteiger partial charge >= 0.3 is 11.9 Å². The number of nitrogens with zero attached hydrogens (tertiary/aromatic N) is 3. The first-order valence-corrected chi connectivity index (χ1v) is 6.46. The lowest BCUT2D eigenvalue weighted by atomic mass is 9.60. The quantitative estimate of drug-likeness (QED) is 0.469. The third kappa shape index (κ3) is 2.92. The van der Waals surface area contributed by atoms with Crippen molar-refractivity contribution in [3.05, 3.63) is 33.2 Å². The predicted molar refractivity (Wildman–Crippen MR) is 76.6 cm³/mol. The monoisotopic (exact) mass is 293 g/mol. The Bertz CT molecular complexity index is 592. The first-order valence-electron chi connectivity index (χ1n) is 6.46. The minimum absolute atomic E-state index is 0.000255. The molecule has 1 aliphatic rings. The Labute approximate surface area is 122 Å². The maximum absolute atomic E-state index is 11.8. The molecule has 0 spiro atoms. The standard InChI is InChI=1S/C14H19N3O4/c1-8-5-14(12(20)21,13(2,3)4)6-9(11(18)19)10(8)7-16-17-15/h5H,6-7H2,1-4H3,(H,18,19)(H,20,21). The molecule has 7 nitrogen and oxygen atoms in total. The molecule has 1 aliphatic carbocycles. The first kappa shape index (κ1) is 16.8. The first-order chi connectivity index (χ1) is 9.56. The summed E-state index contributed by atoms with van der Waals surface area (Å²) in [5, 5.41) is 22.5. The fourth-order valence-corrected chi connectivity index (χ4v) is 2.60. The van der Waals surface area contributed by atoms with Gasteiger partial charge in [0.25, 0.3) is 0 Å². The average molecular weight is 293 g/mol. The van der Waals surface area contributed by atoms with E-state index in [2.05, 4.69) is 10.0 Å². The van der Waals surface area contributed by atoms with Crippen molar-refractivity contribution in [3.8, 4) is 0 Å². The molecule has 0 aromatic carbocycles. The van der Waals surface area contributed by atoms with Crippen molar-refractivity contribution in [3.63, 3.8) is 0 Å². The Balaban J connectivity index is 3.52. The molecule has 114 valence electrons. The smallest absolute Gasteiger partial charge is 0.331 e. The van der Waals surface area contributed by atoms with Crippen molar-refractivity contribution in [2.24, 2.45) is 15.9 Å². The summed E-state index contributed by atoms with van der Waals surface area (Å²) in [6.45, 7) is 6.85. The normalized spacial score (nSPS) is 22.4. The Morgan fingerprint density at radius 1 is 1.43 bits per heavy atom. The summed E-state index contributed by atoms with van der Waals surface area (Å²) in [6.07, 6.45) is 1.46. The van der Waals surface area contributed by atoms with E-state index in [-0.39, 0.29) is 18.5 Å². The van der Waals surface area contributed by atoms with E-state index in [0.29, 0.717) is 11.1 Å². The van der Waals surface area contributed by atoms with Gasteiger partial charge in [0.2, 0.25) is 0 Å². The molecular formula is C14H19N3O4. The number of aliphatic carboxylic acids is 2. The van der Waals surface area contributed by atoms with Crippen LogP contribution in [0, 0.1) is 10.8 Å². The van der Waals surface area contributed by atoms with Crippen molar-refractivity contribution < 1.29 is 19.8 Å². The predicted octanol–water partition coefficient (Wildman–Crippen LogP) is 3.15. The molecule has 0 saturated carbocycles. The van der Waals surface area contributed by atoms with E-state index in [1.165, 1.54) is 0 Å². The summed E-state index contributed by atoms with van der Waals surface area (Å²) in [5.74, 6) is -2.24. The van der Waals surface area contributed by atoms with Crippen molar-refractivity contribution in [1.82, 2.24) is 0 Å². The number of carboxylic acids is 2. The Morgan fingerprint density at radius 3 is 2.38 bits per heavy atom. The van der Waals surface area contributed by atoms with Crippen molar-refractivity contribution in [2.75, 3.05) is 6.54 Å². The highest BCUT2D eigenvalue weighted by atomic mass is 16.4. The van der Waals surface area contributed by atoms with Crippen LogP contribution in [-0.4, -0.2) is 28.7 Å². The molecule has 1 rings (SSSR count). The van der Waals surface area contributed by atoms with E-state index < -0.39 is 22.8 Å². The number of carbonyl (C=O) groups is 2. The second kappa shape index (κ2) is 5.61. The molecule has 0 amide bonds. The number of hydrogen-bond donors (Lipinski definition) is 2. The van der Waals surface area contributed by atoms with E-state index in [9.17, 15) is 19.8 Å². The minimum Gasteiger partial charge on any atom is -0.481 e. The lowest BCUT2D eigenvalue weighted by Gasteiger charge is -2.42. The van der Waals surface area contributed by atoms with Gasteiger partial charge in [0, 0.05) is 10.5 Å². The van der Waals surface area contributed by atoms with Crippen LogP contribution in [0.2, 0.25) is 0 Å². The summed E-state index contributed by atoms with van der Waals surface area (Å²) < 4.78 is 0. The van der Waals surface area contributed by atoms with Gasteiger partial charge in [-0.25, -0.2) is 4.79 Å². The van der Waals surface area contributed by atoms with E-state index in [1.807, 2.05) is 0 Å². The van der Waals surface area contributed by atoms with Gasteiger partial charge in [-0.2, -0.15) is 0 Å². The Morgan fingerprint density at radius 2 is 2.00 bits per heavy atom. The maximum atomic E-state index is 11.8.